The van der Waals surface area contributed by atoms with Gasteiger partial charge in [0.05, 0.1) is 6.61 Å². The lowest BCUT2D eigenvalue weighted by Crippen LogP contribution is -2.20. The van der Waals surface area contributed by atoms with Gasteiger partial charge in [0.1, 0.15) is 10.0 Å². The van der Waals surface area contributed by atoms with Crippen LogP contribution in [-0.4, -0.2) is 37.0 Å². The highest BCUT2D eigenvalue weighted by Crippen LogP contribution is 2.32. The number of nitrogens with zero attached hydrogens (tertiary/aromatic N) is 2. The third-order valence-corrected chi connectivity index (χ3v) is 5.23. The third-order valence-electron chi connectivity index (χ3n) is 2.85. The van der Waals surface area contributed by atoms with E-state index >= 15 is 0 Å². The van der Waals surface area contributed by atoms with Gasteiger partial charge in [0.25, 0.3) is 0 Å². The molecular weight excluding hydrogens is 465 g/mol. The number of aromatic nitrogens is 2. The van der Waals surface area contributed by atoms with E-state index in [4.69, 9.17) is 4.74 Å². The zero-order chi connectivity index (χ0) is 15.1. The predicted molar refractivity (Wildman–Crippen MR) is 98.8 cm³/mol. The van der Waals surface area contributed by atoms with Crippen LogP contribution in [-0.2, 0) is 11.2 Å². The Bertz CT molecular complexity index is 579. The average molecular weight is 482 g/mol. The number of hydrogen-bond acceptors (Lipinski definition) is 5. The Morgan fingerprint density at radius 2 is 2.19 bits per heavy atom. The second-order valence-electron chi connectivity index (χ2n) is 4.47. The number of aryl methyl sites for hydroxylation is 1. The molecular formula is C14H17BrIN3OS. The van der Waals surface area contributed by atoms with Crippen LogP contribution in [0.15, 0.2) is 22.7 Å². The van der Waals surface area contributed by atoms with Crippen LogP contribution >= 0.6 is 49.9 Å². The molecule has 0 radical (unpaired) electrons. The Labute approximate surface area is 151 Å². The van der Waals surface area contributed by atoms with Gasteiger partial charge >= 0.3 is 0 Å². The SMILES string of the molecule is COCCNCCCc1nnc(-c2cc(I)ccc2Br)s1. The van der Waals surface area contributed by atoms with Gasteiger partial charge in [0.2, 0.25) is 0 Å². The molecule has 0 bridgehead atoms. The van der Waals surface area contributed by atoms with E-state index in [2.05, 4.69) is 72.2 Å². The zero-order valence-electron chi connectivity index (χ0n) is 11.7. The van der Waals surface area contributed by atoms with Crippen LogP contribution in [0.4, 0.5) is 0 Å². The van der Waals surface area contributed by atoms with Gasteiger partial charge in [0.15, 0.2) is 0 Å². The van der Waals surface area contributed by atoms with Crippen LogP contribution in [0.5, 0.6) is 0 Å². The third kappa shape index (κ3) is 5.55. The molecule has 1 N–H and O–H groups in total. The summed E-state index contributed by atoms with van der Waals surface area (Å²) in [5.41, 5.74) is 1.11. The number of ether oxygens (including phenoxy) is 1. The molecule has 0 unspecified atom stereocenters. The Morgan fingerprint density at radius 3 is 3.00 bits per heavy atom. The van der Waals surface area contributed by atoms with E-state index in [0.717, 1.165) is 52.6 Å². The summed E-state index contributed by atoms with van der Waals surface area (Å²) < 4.78 is 7.25. The fourth-order valence-electron chi connectivity index (χ4n) is 1.79. The molecule has 0 saturated heterocycles. The molecule has 2 rings (SSSR count). The van der Waals surface area contributed by atoms with E-state index < -0.39 is 0 Å². The van der Waals surface area contributed by atoms with E-state index in [0.29, 0.717) is 0 Å². The summed E-state index contributed by atoms with van der Waals surface area (Å²) in [6, 6.07) is 6.25. The molecule has 7 heteroatoms. The van der Waals surface area contributed by atoms with Gasteiger partial charge in [-0.2, -0.15) is 0 Å². The van der Waals surface area contributed by atoms with E-state index in [1.54, 1.807) is 18.4 Å². The Hall–Kier alpha value is -0.0900. The van der Waals surface area contributed by atoms with Crippen molar-refractivity contribution in [2.24, 2.45) is 0 Å². The second-order valence-corrected chi connectivity index (χ2v) is 7.63. The van der Waals surface area contributed by atoms with Crippen molar-refractivity contribution < 1.29 is 4.74 Å². The molecule has 1 aromatic carbocycles. The standard InChI is InChI=1S/C14H17BrIN3OS/c1-20-8-7-17-6-2-3-13-18-19-14(21-13)11-9-10(16)4-5-12(11)15/h4-5,9,17H,2-3,6-8H2,1H3. The zero-order valence-corrected chi connectivity index (χ0v) is 16.3. The fraction of sp³-hybridized carbons (Fsp3) is 0.429. The number of rotatable bonds is 8. The lowest BCUT2D eigenvalue weighted by molar-refractivity contribution is 0.199. The minimum absolute atomic E-state index is 0.754. The highest BCUT2D eigenvalue weighted by molar-refractivity contribution is 14.1. The number of halogens is 2. The van der Waals surface area contributed by atoms with Crippen LogP contribution in [0.3, 0.4) is 0 Å². The second kappa shape index (κ2) is 9.14. The van der Waals surface area contributed by atoms with Gasteiger partial charge < -0.3 is 10.1 Å². The molecule has 0 spiro atoms. The monoisotopic (exact) mass is 481 g/mol. The summed E-state index contributed by atoms with van der Waals surface area (Å²) in [6.07, 6.45) is 2.02. The molecule has 114 valence electrons. The van der Waals surface area contributed by atoms with E-state index in [-0.39, 0.29) is 0 Å². The average Bonchev–Trinajstić information content (AvgIpc) is 2.94. The summed E-state index contributed by atoms with van der Waals surface area (Å²) >= 11 is 7.56. The molecule has 0 aliphatic rings. The minimum Gasteiger partial charge on any atom is -0.383 e. The van der Waals surface area contributed by atoms with Crippen molar-refractivity contribution in [1.29, 1.82) is 0 Å². The summed E-state index contributed by atoms with van der Waals surface area (Å²) in [5.74, 6) is 0. The van der Waals surface area contributed by atoms with Crippen LogP contribution in [0.2, 0.25) is 0 Å². The summed E-state index contributed by atoms with van der Waals surface area (Å²) in [7, 11) is 1.72. The topological polar surface area (TPSA) is 47.0 Å². The first kappa shape index (κ1) is 17.3. The lowest BCUT2D eigenvalue weighted by Gasteiger charge is -2.02. The maximum absolute atomic E-state index is 4.99. The van der Waals surface area contributed by atoms with Crippen LogP contribution < -0.4 is 5.32 Å². The van der Waals surface area contributed by atoms with Gasteiger partial charge in [-0.05, 0) is 53.8 Å². The summed E-state index contributed by atoms with van der Waals surface area (Å²) in [4.78, 5) is 0. The molecule has 0 aliphatic carbocycles. The number of benzene rings is 1. The smallest absolute Gasteiger partial charge is 0.148 e. The highest BCUT2D eigenvalue weighted by atomic mass is 127. The minimum atomic E-state index is 0.754. The van der Waals surface area contributed by atoms with Gasteiger partial charge in [-0.3, -0.25) is 0 Å². The lowest BCUT2D eigenvalue weighted by atomic mass is 10.2. The Kier molecular flexibility index (Phi) is 7.51. The summed E-state index contributed by atoms with van der Waals surface area (Å²) in [5, 5.41) is 14.0. The molecule has 0 aliphatic heterocycles. The van der Waals surface area contributed by atoms with Crippen molar-refractivity contribution in [3.05, 3.63) is 31.2 Å². The Balaban J connectivity index is 1.88. The molecule has 0 saturated carbocycles. The van der Waals surface area contributed by atoms with Crippen LogP contribution in [0.25, 0.3) is 10.6 Å². The maximum Gasteiger partial charge on any atom is 0.148 e. The molecule has 0 fully saturated rings. The van der Waals surface area contributed by atoms with Crippen molar-refractivity contribution in [2.75, 3.05) is 26.8 Å². The van der Waals surface area contributed by atoms with Crippen molar-refractivity contribution in [3.8, 4) is 10.6 Å². The highest BCUT2D eigenvalue weighted by Gasteiger charge is 2.10. The quantitative estimate of drug-likeness (QED) is 0.461. The first-order valence-electron chi connectivity index (χ1n) is 6.68. The summed E-state index contributed by atoms with van der Waals surface area (Å²) in [6.45, 7) is 2.63. The molecule has 2 aromatic rings. The van der Waals surface area contributed by atoms with Gasteiger partial charge in [0, 0.05) is 33.7 Å². The van der Waals surface area contributed by atoms with Gasteiger partial charge in [-0.15, -0.1) is 10.2 Å². The molecule has 4 nitrogen and oxygen atoms in total. The molecule has 21 heavy (non-hydrogen) atoms. The predicted octanol–water partition coefficient (Wildman–Crippen LogP) is 3.74. The fourth-order valence-corrected chi connectivity index (χ4v) is 3.76. The largest absolute Gasteiger partial charge is 0.383 e. The Morgan fingerprint density at radius 1 is 1.33 bits per heavy atom. The van der Waals surface area contributed by atoms with E-state index in [1.807, 2.05) is 0 Å². The van der Waals surface area contributed by atoms with Crippen molar-refractivity contribution in [3.63, 3.8) is 0 Å². The van der Waals surface area contributed by atoms with Crippen molar-refractivity contribution in [1.82, 2.24) is 15.5 Å². The number of nitrogens with one attached hydrogen (secondary N) is 1. The van der Waals surface area contributed by atoms with Crippen molar-refractivity contribution >= 4 is 49.9 Å². The maximum atomic E-state index is 4.99. The first-order chi connectivity index (χ1) is 10.2. The van der Waals surface area contributed by atoms with Gasteiger partial charge in [-0.1, -0.05) is 27.3 Å². The van der Waals surface area contributed by atoms with Crippen molar-refractivity contribution in [2.45, 2.75) is 12.8 Å². The van der Waals surface area contributed by atoms with Crippen LogP contribution in [0, 0.1) is 3.57 Å². The first-order valence-corrected chi connectivity index (χ1v) is 9.37. The normalized spacial score (nSPS) is 11.0. The molecule has 1 heterocycles. The molecule has 0 atom stereocenters. The van der Waals surface area contributed by atoms with E-state index in [1.165, 1.54) is 3.57 Å². The number of hydrogen-bond donors (Lipinski definition) is 1. The van der Waals surface area contributed by atoms with Crippen LogP contribution in [0.1, 0.15) is 11.4 Å². The number of methoxy groups -OCH3 is 1. The molecule has 0 amide bonds. The van der Waals surface area contributed by atoms with E-state index in [9.17, 15) is 0 Å². The molecule has 1 aromatic heterocycles. The van der Waals surface area contributed by atoms with Gasteiger partial charge in [-0.25, -0.2) is 0 Å².